The summed E-state index contributed by atoms with van der Waals surface area (Å²) in [5.41, 5.74) is 7.77. The van der Waals surface area contributed by atoms with E-state index in [0.29, 0.717) is 30.1 Å². The normalized spacial score (nSPS) is 17.3. The van der Waals surface area contributed by atoms with Crippen LogP contribution in [0.4, 0.5) is 5.82 Å². The molecule has 1 fully saturated rings. The Balaban J connectivity index is 1.56. The van der Waals surface area contributed by atoms with Gasteiger partial charge in [-0.3, -0.25) is 9.78 Å². The topological polar surface area (TPSA) is 92.3 Å². The van der Waals surface area contributed by atoms with Crippen LogP contribution in [-0.4, -0.2) is 39.8 Å². The van der Waals surface area contributed by atoms with Gasteiger partial charge in [0, 0.05) is 54.5 Å². The van der Waals surface area contributed by atoms with Crippen LogP contribution in [0, 0.1) is 0 Å². The van der Waals surface area contributed by atoms with Gasteiger partial charge in [0.15, 0.2) is 12.1 Å². The van der Waals surface area contributed by atoms with Gasteiger partial charge in [-0.2, -0.15) is 0 Å². The summed E-state index contributed by atoms with van der Waals surface area (Å²) in [4.78, 5) is 21.1. The summed E-state index contributed by atoms with van der Waals surface area (Å²) in [6.07, 6.45) is 9.88. The zero-order chi connectivity index (χ0) is 18.6. The second-order valence-electron chi connectivity index (χ2n) is 6.59. The van der Waals surface area contributed by atoms with E-state index in [1.54, 1.807) is 24.5 Å². The maximum Gasteiger partial charge on any atom is 0.195 e. The molecule has 7 heteroatoms. The number of fused-ring (bicyclic) bond motifs is 1. The highest BCUT2D eigenvalue weighted by molar-refractivity contribution is 6.16. The van der Waals surface area contributed by atoms with Gasteiger partial charge in [0.25, 0.3) is 0 Å². The molecule has 1 atom stereocenters. The number of hydrogen-bond donors (Lipinski definition) is 1. The molecule has 7 nitrogen and oxygen atoms in total. The molecule has 4 rings (SSSR count). The maximum atomic E-state index is 13.0. The molecule has 0 bridgehead atoms. The summed E-state index contributed by atoms with van der Waals surface area (Å²) in [5.74, 6) is 0.223. The van der Waals surface area contributed by atoms with Gasteiger partial charge in [0.05, 0.1) is 12.1 Å². The van der Waals surface area contributed by atoms with Crippen LogP contribution in [0.15, 0.2) is 43.0 Å². The number of rotatable bonds is 6. The van der Waals surface area contributed by atoms with E-state index in [4.69, 9.17) is 15.2 Å². The van der Waals surface area contributed by atoms with Crippen LogP contribution in [0.1, 0.15) is 35.2 Å². The molecular formula is C20H22N4O3. The van der Waals surface area contributed by atoms with Gasteiger partial charge in [-0.25, -0.2) is 4.98 Å². The average molecular weight is 366 g/mol. The summed E-state index contributed by atoms with van der Waals surface area (Å²) >= 11 is 0. The van der Waals surface area contributed by atoms with Gasteiger partial charge in [-0.05, 0) is 37.5 Å². The fourth-order valence-electron chi connectivity index (χ4n) is 3.38. The number of hydrogen-bond acceptors (Lipinski definition) is 6. The third-order valence-corrected chi connectivity index (χ3v) is 4.74. The van der Waals surface area contributed by atoms with E-state index >= 15 is 0 Å². The van der Waals surface area contributed by atoms with Crippen LogP contribution >= 0.6 is 0 Å². The van der Waals surface area contributed by atoms with Crippen molar-refractivity contribution in [1.29, 1.82) is 0 Å². The van der Waals surface area contributed by atoms with Gasteiger partial charge >= 0.3 is 0 Å². The number of anilines is 1. The molecule has 0 spiro atoms. The van der Waals surface area contributed by atoms with Crippen molar-refractivity contribution in [2.24, 2.45) is 0 Å². The van der Waals surface area contributed by atoms with Crippen molar-refractivity contribution in [1.82, 2.24) is 14.5 Å². The molecule has 0 saturated carbocycles. The third-order valence-electron chi connectivity index (χ3n) is 4.74. The van der Waals surface area contributed by atoms with Crippen LogP contribution in [-0.2, 0) is 16.0 Å². The SMILES string of the molecule is Nc1cc(C(=O)c2cn(CCOC3CCCCO3)c3ccncc23)ccn1. The Morgan fingerprint density at radius 1 is 1.33 bits per heavy atom. The standard InChI is InChI=1S/C20H22N4O3/c21-18-11-14(4-7-23-18)20(25)16-13-24(17-5-6-22-12-15(16)17)8-10-27-19-3-1-2-9-26-19/h4-7,11-13,19H,1-3,8-10H2,(H2,21,23). The lowest BCUT2D eigenvalue weighted by Crippen LogP contribution is -2.23. The van der Waals surface area contributed by atoms with Crippen molar-refractivity contribution in [3.05, 3.63) is 54.1 Å². The molecule has 1 aliphatic heterocycles. The minimum Gasteiger partial charge on any atom is -0.384 e. The molecule has 0 amide bonds. The van der Waals surface area contributed by atoms with E-state index < -0.39 is 0 Å². The Kier molecular flexibility index (Phi) is 5.13. The monoisotopic (exact) mass is 366 g/mol. The molecule has 3 aromatic rings. The first kappa shape index (κ1) is 17.6. The van der Waals surface area contributed by atoms with Gasteiger partial charge in [0.1, 0.15) is 5.82 Å². The Hall–Kier alpha value is -2.77. The highest BCUT2D eigenvalue weighted by Gasteiger charge is 2.18. The molecule has 0 radical (unpaired) electrons. The van der Waals surface area contributed by atoms with Crippen molar-refractivity contribution in [3.8, 4) is 0 Å². The van der Waals surface area contributed by atoms with E-state index in [9.17, 15) is 4.79 Å². The smallest absolute Gasteiger partial charge is 0.195 e. The Morgan fingerprint density at radius 3 is 3.07 bits per heavy atom. The number of nitrogens with zero attached hydrogens (tertiary/aromatic N) is 3. The highest BCUT2D eigenvalue weighted by Crippen LogP contribution is 2.24. The fourth-order valence-corrected chi connectivity index (χ4v) is 3.38. The summed E-state index contributed by atoms with van der Waals surface area (Å²) in [6, 6.07) is 5.16. The van der Waals surface area contributed by atoms with Crippen LogP contribution in [0.3, 0.4) is 0 Å². The number of ether oxygens (including phenoxy) is 2. The number of pyridine rings is 2. The first-order chi connectivity index (χ1) is 13.2. The lowest BCUT2D eigenvalue weighted by atomic mass is 10.0. The van der Waals surface area contributed by atoms with Crippen molar-refractivity contribution >= 4 is 22.5 Å². The highest BCUT2D eigenvalue weighted by atomic mass is 16.7. The Bertz CT molecular complexity index is 947. The molecule has 0 aromatic carbocycles. The molecule has 2 N–H and O–H groups in total. The van der Waals surface area contributed by atoms with Gasteiger partial charge < -0.3 is 19.8 Å². The predicted octanol–water partition coefficient (Wildman–Crippen LogP) is 2.79. The molecule has 1 saturated heterocycles. The second kappa shape index (κ2) is 7.85. The summed E-state index contributed by atoms with van der Waals surface area (Å²) < 4.78 is 13.5. The number of carbonyl (C=O) groups excluding carboxylic acids is 1. The largest absolute Gasteiger partial charge is 0.384 e. The second-order valence-corrected chi connectivity index (χ2v) is 6.59. The van der Waals surface area contributed by atoms with Crippen LogP contribution in [0.25, 0.3) is 10.9 Å². The lowest BCUT2D eigenvalue weighted by molar-refractivity contribution is -0.163. The van der Waals surface area contributed by atoms with Crippen molar-refractivity contribution in [2.75, 3.05) is 18.9 Å². The minimum atomic E-state index is -0.122. The number of carbonyl (C=O) groups is 1. The van der Waals surface area contributed by atoms with Crippen LogP contribution in [0.5, 0.6) is 0 Å². The van der Waals surface area contributed by atoms with E-state index in [2.05, 4.69) is 9.97 Å². The summed E-state index contributed by atoms with van der Waals surface area (Å²) in [7, 11) is 0. The molecule has 27 heavy (non-hydrogen) atoms. The van der Waals surface area contributed by atoms with Crippen LogP contribution in [0.2, 0.25) is 0 Å². The van der Waals surface area contributed by atoms with Gasteiger partial charge in [-0.1, -0.05) is 0 Å². The number of nitrogen functional groups attached to an aromatic ring is 1. The molecule has 3 aromatic heterocycles. The van der Waals surface area contributed by atoms with Gasteiger partial charge in [0.2, 0.25) is 0 Å². The molecule has 0 aliphatic carbocycles. The average Bonchev–Trinajstić information content (AvgIpc) is 3.07. The predicted molar refractivity (Wildman–Crippen MR) is 101 cm³/mol. The fraction of sp³-hybridized carbons (Fsp3) is 0.350. The number of aromatic nitrogens is 3. The molecule has 1 unspecified atom stereocenters. The summed E-state index contributed by atoms with van der Waals surface area (Å²) in [6.45, 7) is 1.91. The zero-order valence-electron chi connectivity index (χ0n) is 15.0. The lowest BCUT2D eigenvalue weighted by Gasteiger charge is -2.22. The summed E-state index contributed by atoms with van der Waals surface area (Å²) in [5, 5.41) is 0.812. The first-order valence-corrected chi connectivity index (χ1v) is 9.14. The van der Waals surface area contributed by atoms with Crippen molar-refractivity contribution < 1.29 is 14.3 Å². The van der Waals surface area contributed by atoms with Gasteiger partial charge in [-0.15, -0.1) is 0 Å². The molecular weight excluding hydrogens is 344 g/mol. The van der Waals surface area contributed by atoms with E-state index in [1.165, 1.54) is 6.20 Å². The zero-order valence-corrected chi connectivity index (χ0v) is 15.0. The third kappa shape index (κ3) is 3.84. The first-order valence-electron chi connectivity index (χ1n) is 9.14. The van der Waals surface area contributed by atoms with E-state index in [1.807, 2.05) is 16.8 Å². The molecule has 4 heterocycles. The Morgan fingerprint density at radius 2 is 2.26 bits per heavy atom. The van der Waals surface area contributed by atoms with E-state index in [-0.39, 0.29) is 12.1 Å². The van der Waals surface area contributed by atoms with Crippen molar-refractivity contribution in [2.45, 2.75) is 32.1 Å². The molecule has 1 aliphatic rings. The van der Waals surface area contributed by atoms with E-state index in [0.717, 1.165) is 36.8 Å². The van der Waals surface area contributed by atoms with Crippen molar-refractivity contribution in [3.63, 3.8) is 0 Å². The Labute approximate surface area is 157 Å². The number of nitrogens with two attached hydrogens (primary N) is 1. The van der Waals surface area contributed by atoms with Crippen LogP contribution < -0.4 is 5.73 Å². The maximum absolute atomic E-state index is 13.0. The quantitative estimate of drug-likeness (QED) is 0.675. The number of ketones is 1. The minimum absolute atomic E-state index is 0.0996. The molecule has 140 valence electrons.